The second-order valence-electron chi connectivity index (χ2n) is 5.63. The summed E-state index contributed by atoms with van der Waals surface area (Å²) >= 11 is 0. The van der Waals surface area contributed by atoms with Crippen molar-refractivity contribution in [3.05, 3.63) is 0 Å². The van der Waals surface area contributed by atoms with Crippen molar-refractivity contribution in [2.75, 3.05) is 26.8 Å². The van der Waals surface area contributed by atoms with Gasteiger partial charge < -0.3 is 14.7 Å². The van der Waals surface area contributed by atoms with E-state index in [4.69, 9.17) is 4.74 Å². The maximum Gasteiger partial charge on any atom is 0.311 e. The van der Waals surface area contributed by atoms with Gasteiger partial charge in [0, 0.05) is 33.2 Å². The summed E-state index contributed by atoms with van der Waals surface area (Å²) in [4.78, 5) is 25.2. The third-order valence-electron chi connectivity index (χ3n) is 4.17. The summed E-state index contributed by atoms with van der Waals surface area (Å²) in [7, 11) is 1.64. The van der Waals surface area contributed by atoms with Crippen LogP contribution in [-0.2, 0) is 14.3 Å². The monoisotopic (exact) mass is 271 g/mol. The zero-order chi connectivity index (χ0) is 14.5. The minimum absolute atomic E-state index is 0.0382. The number of rotatable bonds is 7. The van der Waals surface area contributed by atoms with E-state index in [9.17, 15) is 14.7 Å². The molecule has 0 aliphatic carbocycles. The van der Waals surface area contributed by atoms with Gasteiger partial charge in [-0.25, -0.2) is 0 Å². The van der Waals surface area contributed by atoms with Crippen molar-refractivity contribution in [1.82, 2.24) is 4.90 Å². The number of carbonyl (C=O) groups excluding carboxylic acids is 1. The van der Waals surface area contributed by atoms with Gasteiger partial charge in [0.25, 0.3) is 0 Å². The normalized spacial score (nSPS) is 23.1. The molecule has 0 bridgehead atoms. The van der Waals surface area contributed by atoms with E-state index in [-0.39, 0.29) is 11.8 Å². The van der Waals surface area contributed by atoms with Crippen molar-refractivity contribution in [2.24, 2.45) is 11.3 Å². The Morgan fingerprint density at radius 2 is 2.05 bits per heavy atom. The third-order valence-corrected chi connectivity index (χ3v) is 4.17. The number of nitrogens with zero attached hydrogens (tertiary/aromatic N) is 1. The molecule has 5 nitrogen and oxygen atoms in total. The summed E-state index contributed by atoms with van der Waals surface area (Å²) in [5.41, 5.74) is -0.762. The first-order valence-corrected chi connectivity index (χ1v) is 6.94. The standard InChI is InChI=1S/C14H25NO4/c1-11(2)14(13(17)18)7-8-15(10-14)12(16)6-4-5-9-19-3/h11H,4-10H2,1-3H3,(H,17,18). The fraction of sp³-hybridized carbons (Fsp3) is 0.857. The first-order chi connectivity index (χ1) is 8.94. The highest BCUT2D eigenvalue weighted by molar-refractivity contribution is 5.80. The Balaban J connectivity index is 2.50. The Labute approximate surface area is 114 Å². The van der Waals surface area contributed by atoms with E-state index in [1.54, 1.807) is 12.0 Å². The number of carboxylic acids is 1. The third kappa shape index (κ3) is 3.69. The fourth-order valence-electron chi connectivity index (χ4n) is 2.62. The molecule has 0 aromatic heterocycles. The topological polar surface area (TPSA) is 66.8 Å². The average molecular weight is 271 g/mol. The molecule has 1 fully saturated rings. The number of aliphatic carboxylic acids is 1. The van der Waals surface area contributed by atoms with Crippen LogP contribution in [-0.4, -0.2) is 48.7 Å². The van der Waals surface area contributed by atoms with Gasteiger partial charge in [-0.2, -0.15) is 0 Å². The van der Waals surface area contributed by atoms with Crippen molar-refractivity contribution in [2.45, 2.75) is 39.5 Å². The molecule has 5 heteroatoms. The summed E-state index contributed by atoms with van der Waals surface area (Å²) in [5.74, 6) is -0.673. The van der Waals surface area contributed by atoms with Crippen molar-refractivity contribution < 1.29 is 19.4 Å². The molecule has 110 valence electrons. The molecule has 1 amide bonds. The molecular formula is C14H25NO4. The van der Waals surface area contributed by atoms with Crippen molar-refractivity contribution >= 4 is 11.9 Å². The number of unbranched alkanes of at least 4 members (excludes halogenated alkanes) is 1. The molecule has 1 heterocycles. The van der Waals surface area contributed by atoms with Gasteiger partial charge >= 0.3 is 5.97 Å². The lowest BCUT2D eigenvalue weighted by Gasteiger charge is -2.28. The molecule has 0 aromatic rings. The van der Waals surface area contributed by atoms with Gasteiger partial charge in [-0.15, -0.1) is 0 Å². The minimum Gasteiger partial charge on any atom is -0.481 e. The van der Waals surface area contributed by atoms with Crippen molar-refractivity contribution in [1.29, 1.82) is 0 Å². The van der Waals surface area contributed by atoms with E-state index in [1.165, 1.54) is 0 Å². The van der Waals surface area contributed by atoms with Crippen LogP contribution in [0.5, 0.6) is 0 Å². The Kier molecular flexibility index (Phi) is 5.79. The van der Waals surface area contributed by atoms with Crippen LogP contribution >= 0.6 is 0 Å². The predicted octanol–water partition coefficient (Wildman–Crippen LogP) is 1.76. The van der Waals surface area contributed by atoms with E-state index in [2.05, 4.69) is 0 Å². The summed E-state index contributed by atoms with van der Waals surface area (Å²) in [6.07, 6.45) is 2.70. The second kappa shape index (κ2) is 6.89. The van der Waals surface area contributed by atoms with Gasteiger partial charge in [0.1, 0.15) is 0 Å². The highest BCUT2D eigenvalue weighted by atomic mass is 16.5. The number of carboxylic acid groups (broad SMARTS) is 1. The Morgan fingerprint density at radius 1 is 1.37 bits per heavy atom. The van der Waals surface area contributed by atoms with Crippen LogP contribution in [0.4, 0.5) is 0 Å². The molecule has 1 N–H and O–H groups in total. The lowest BCUT2D eigenvalue weighted by Crippen LogP contribution is -2.40. The van der Waals surface area contributed by atoms with Crippen molar-refractivity contribution in [3.8, 4) is 0 Å². The van der Waals surface area contributed by atoms with E-state index >= 15 is 0 Å². The molecule has 1 aliphatic heterocycles. The zero-order valence-corrected chi connectivity index (χ0v) is 12.1. The molecule has 1 atom stereocenters. The Hall–Kier alpha value is -1.10. The SMILES string of the molecule is COCCCCC(=O)N1CCC(C(=O)O)(C(C)C)C1. The quantitative estimate of drug-likeness (QED) is 0.716. The molecular weight excluding hydrogens is 246 g/mol. The van der Waals surface area contributed by atoms with Gasteiger partial charge in [-0.3, -0.25) is 9.59 Å². The lowest BCUT2D eigenvalue weighted by atomic mass is 9.76. The lowest BCUT2D eigenvalue weighted by molar-refractivity contribution is -0.151. The first-order valence-electron chi connectivity index (χ1n) is 6.94. The van der Waals surface area contributed by atoms with E-state index in [1.807, 2.05) is 13.8 Å². The number of amides is 1. The second-order valence-corrected chi connectivity index (χ2v) is 5.63. The molecule has 1 rings (SSSR count). The molecule has 0 spiro atoms. The maximum atomic E-state index is 12.0. The van der Waals surface area contributed by atoms with Crippen LogP contribution in [0.1, 0.15) is 39.5 Å². The molecule has 0 aromatic carbocycles. The molecule has 1 saturated heterocycles. The predicted molar refractivity (Wildman–Crippen MR) is 71.8 cm³/mol. The summed E-state index contributed by atoms with van der Waals surface area (Å²) in [6, 6.07) is 0. The van der Waals surface area contributed by atoms with Crippen LogP contribution in [0.3, 0.4) is 0 Å². The first kappa shape index (κ1) is 16.0. The van der Waals surface area contributed by atoms with E-state index in [0.29, 0.717) is 32.5 Å². The summed E-state index contributed by atoms with van der Waals surface area (Å²) in [5, 5.41) is 9.43. The van der Waals surface area contributed by atoms with Crippen molar-refractivity contribution in [3.63, 3.8) is 0 Å². The Bertz CT molecular complexity index is 329. The van der Waals surface area contributed by atoms with Crippen LogP contribution < -0.4 is 0 Å². The van der Waals surface area contributed by atoms with Gasteiger partial charge in [0.15, 0.2) is 0 Å². The summed E-state index contributed by atoms with van der Waals surface area (Å²) < 4.78 is 4.94. The summed E-state index contributed by atoms with van der Waals surface area (Å²) in [6.45, 7) is 5.41. The number of hydrogen-bond donors (Lipinski definition) is 1. The molecule has 0 saturated carbocycles. The highest BCUT2D eigenvalue weighted by Gasteiger charge is 2.48. The van der Waals surface area contributed by atoms with Gasteiger partial charge in [0.05, 0.1) is 5.41 Å². The highest BCUT2D eigenvalue weighted by Crippen LogP contribution is 2.38. The number of methoxy groups -OCH3 is 1. The maximum absolute atomic E-state index is 12.0. The number of ether oxygens (including phenoxy) is 1. The van der Waals surface area contributed by atoms with Crippen LogP contribution in [0.2, 0.25) is 0 Å². The van der Waals surface area contributed by atoms with Gasteiger partial charge in [-0.05, 0) is 25.2 Å². The van der Waals surface area contributed by atoms with Crippen LogP contribution in [0.15, 0.2) is 0 Å². The van der Waals surface area contributed by atoms with E-state index in [0.717, 1.165) is 12.8 Å². The Morgan fingerprint density at radius 3 is 2.53 bits per heavy atom. The molecule has 1 aliphatic rings. The van der Waals surface area contributed by atoms with Crippen LogP contribution in [0, 0.1) is 11.3 Å². The minimum atomic E-state index is -0.780. The van der Waals surface area contributed by atoms with E-state index < -0.39 is 11.4 Å². The zero-order valence-electron chi connectivity index (χ0n) is 12.1. The number of likely N-dealkylation sites (tertiary alicyclic amines) is 1. The van der Waals surface area contributed by atoms with Gasteiger partial charge in [0.2, 0.25) is 5.91 Å². The molecule has 19 heavy (non-hydrogen) atoms. The number of hydrogen-bond acceptors (Lipinski definition) is 3. The van der Waals surface area contributed by atoms with Gasteiger partial charge in [-0.1, -0.05) is 13.8 Å². The molecule has 1 unspecified atom stereocenters. The molecule has 0 radical (unpaired) electrons. The average Bonchev–Trinajstić information content (AvgIpc) is 2.81. The van der Waals surface area contributed by atoms with Crippen LogP contribution in [0.25, 0.3) is 0 Å². The largest absolute Gasteiger partial charge is 0.481 e. The smallest absolute Gasteiger partial charge is 0.311 e. The number of carbonyl (C=O) groups is 2. The fourth-order valence-corrected chi connectivity index (χ4v) is 2.62.